The number of nitrogens with zero attached hydrogens (tertiary/aromatic N) is 4. The maximum Gasteiger partial charge on any atom is 0.210 e. The molecule has 0 bridgehead atoms. The summed E-state index contributed by atoms with van der Waals surface area (Å²) < 4.78 is 17.0. The van der Waals surface area contributed by atoms with Crippen molar-refractivity contribution in [1.82, 2.24) is 9.48 Å². The van der Waals surface area contributed by atoms with Crippen LogP contribution < -0.4 is 34.4 Å². The van der Waals surface area contributed by atoms with Crippen LogP contribution in [-0.4, -0.2) is 64.3 Å². The van der Waals surface area contributed by atoms with Gasteiger partial charge in [-0.15, -0.1) is 4.90 Å². The minimum Gasteiger partial charge on any atom is -0.461 e. The maximum absolute atomic E-state index is 7.44. The Labute approximate surface area is 388 Å². The van der Waals surface area contributed by atoms with E-state index in [1.807, 2.05) is 12.1 Å². The average Bonchev–Trinajstić information content (AvgIpc) is 3.28. The van der Waals surface area contributed by atoms with Gasteiger partial charge in [-0.05, 0) is 101 Å². The number of benzene rings is 5. The van der Waals surface area contributed by atoms with Crippen LogP contribution in [0.5, 0.6) is 17.2 Å². The Balaban J connectivity index is 0.00000444. The molecule has 6 aliphatic heterocycles. The zero-order chi connectivity index (χ0) is 41.8. The van der Waals surface area contributed by atoms with Crippen LogP contribution in [0.15, 0.2) is 102 Å². The number of fused-ring (bicyclic) bond motifs is 6. The van der Waals surface area contributed by atoms with E-state index in [0.29, 0.717) is 6.04 Å². The van der Waals surface area contributed by atoms with Crippen molar-refractivity contribution < 1.29 is 26.3 Å². The van der Waals surface area contributed by atoms with Crippen LogP contribution in [0.1, 0.15) is 81.7 Å². The van der Waals surface area contributed by atoms with Crippen LogP contribution in [-0.2, 0) is 42.5 Å². The number of hydrogen-bond donors (Lipinski definition) is 1. The number of thiol groups is 1. The molecule has 0 amide bonds. The van der Waals surface area contributed by atoms with Gasteiger partial charge in [0.2, 0.25) is 5.36 Å². The molecule has 0 fully saturated rings. The number of allylic oxidation sites excluding steroid dienone is 1. The van der Waals surface area contributed by atoms with Gasteiger partial charge in [-0.25, -0.2) is 4.58 Å². The monoisotopic (exact) mass is 895 g/mol. The number of aryl methyl sites for hydroxylation is 3. The predicted octanol–water partition coefficient (Wildman–Crippen LogP) is 8.55. The molecule has 4 unspecified atom stereocenters. The molecule has 1 aliphatic carbocycles. The first-order valence-electron chi connectivity index (χ1n) is 23.1. The molecule has 6 heterocycles. The van der Waals surface area contributed by atoms with Crippen molar-refractivity contribution in [2.24, 2.45) is 5.92 Å². The molecule has 0 N–H and O–H groups in total. The van der Waals surface area contributed by atoms with Crippen LogP contribution >= 0.6 is 12.6 Å². The molecule has 5 aromatic carbocycles. The summed E-state index contributed by atoms with van der Waals surface area (Å²) in [6, 6.07) is 31.3. The van der Waals surface area contributed by atoms with Crippen molar-refractivity contribution in [1.29, 1.82) is 0 Å². The number of rotatable bonds is 6. The predicted molar refractivity (Wildman–Crippen MR) is 253 cm³/mol. The fourth-order valence-corrected chi connectivity index (χ4v) is 12.4. The summed E-state index contributed by atoms with van der Waals surface area (Å²) in [7, 11) is 6.51. The molecule has 323 valence electrons. The molecule has 63 heavy (non-hydrogen) atoms. The topological polar surface area (TPSA) is 31.2 Å². The molecule has 7 aliphatic rings. The van der Waals surface area contributed by atoms with Crippen LogP contribution in [0, 0.1) is 18.9 Å². The fourth-order valence-electron chi connectivity index (χ4n) is 12.2. The number of likely N-dealkylation sites (N-methyl/N-ethyl adjacent to an activating group) is 2. The standard InChI is InChI=1S/C55H56N4O2S.Co/c1-33-11-5-6-15-41(33)51-46-28-35-13-8-24-58-25-9-16-44(52(35)58)54(46)61-55-45-17-10-26-59-39(19-18-36(53(45)59)29-47(51)55)32-57(4)38-21-23-43-49(31-38)60-48-30-37(56(2)3)20-22-42(48)50(43)34-12-7-14-40(62)27-34;/h5-7,11,14-15,20-23,27-31,37,39,42,50,62H,8-10,13,16-19,24-26,32H2,1-4H3;. The smallest absolute Gasteiger partial charge is 0.210 e. The number of hydrogen-bond acceptors (Lipinski definition) is 6. The quantitative estimate of drug-likeness (QED) is 0.0785. The zero-order valence-corrected chi connectivity index (χ0v) is 38.8. The van der Waals surface area contributed by atoms with Crippen LogP contribution in [0.4, 0.5) is 11.4 Å². The molecule has 0 aromatic heterocycles. The first-order valence-corrected chi connectivity index (χ1v) is 23.5. The second kappa shape index (κ2) is 16.1. The third kappa shape index (κ3) is 6.73. The molecule has 4 atom stereocenters. The fraction of sp³-hybridized carbons (Fsp3) is 0.364. The van der Waals surface area contributed by atoms with E-state index in [0.717, 1.165) is 98.2 Å². The van der Waals surface area contributed by atoms with Gasteiger partial charge in [0.25, 0.3) is 0 Å². The summed E-state index contributed by atoms with van der Waals surface area (Å²) in [6.07, 6.45) is 15.9. The molecule has 0 spiro atoms. The largest absolute Gasteiger partial charge is 0.461 e. The molecular formula is C55H56CoN4O2S. The minimum atomic E-state index is 0. The van der Waals surface area contributed by atoms with Gasteiger partial charge < -0.3 is 19.3 Å². The van der Waals surface area contributed by atoms with Crippen molar-refractivity contribution >= 4 is 29.6 Å². The van der Waals surface area contributed by atoms with Crippen molar-refractivity contribution in [2.75, 3.05) is 57.1 Å². The van der Waals surface area contributed by atoms with Crippen molar-refractivity contribution in [2.45, 2.75) is 81.2 Å². The van der Waals surface area contributed by atoms with E-state index >= 15 is 0 Å². The molecule has 0 saturated carbocycles. The Morgan fingerprint density at radius 3 is 2.52 bits per heavy atom. The van der Waals surface area contributed by atoms with Crippen molar-refractivity contribution in [3.05, 3.63) is 163 Å². The Bertz CT molecular complexity index is 2900. The minimum absolute atomic E-state index is 0. The van der Waals surface area contributed by atoms with Gasteiger partial charge in [0, 0.05) is 124 Å². The van der Waals surface area contributed by atoms with Gasteiger partial charge in [0.05, 0.1) is 5.56 Å². The maximum atomic E-state index is 7.44. The van der Waals surface area contributed by atoms with Crippen molar-refractivity contribution in [3.63, 3.8) is 0 Å². The van der Waals surface area contributed by atoms with Crippen LogP contribution in [0.2, 0.25) is 0 Å². The Kier molecular flexibility index (Phi) is 10.4. The second-order valence-electron chi connectivity index (χ2n) is 19.1. The van der Waals surface area contributed by atoms with Gasteiger partial charge in [0.15, 0.2) is 0 Å². The normalized spacial score (nSPS) is 22.3. The SMILES string of the molecule is Cc1ccccc1C1=c2cc3c4c(c2Oc2c1cc1c5c2CCCN5C(CN(C)c2ccc5c(c2)OC2=CC(N(C)C)C=CC2C5c2[c-]ccc(S)c2)CC1)CCC[N+]=4CCC3.[Co]. The van der Waals surface area contributed by atoms with E-state index in [1.165, 1.54) is 84.9 Å². The summed E-state index contributed by atoms with van der Waals surface area (Å²) in [5, 5.41) is 2.78. The molecule has 6 nitrogen and oxygen atoms in total. The summed E-state index contributed by atoms with van der Waals surface area (Å²) in [6.45, 7) is 6.59. The van der Waals surface area contributed by atoms with E-state index < -0.39 is 0 Å². The molecule has 12 rings (SSSR count). The third-order valence-electron chi connectivity index (χ3n) is 15.1. The number of ether oxygens (including phenoxy) is 2. The van der Waals surface area contributed by atoms with E-state index in [9.17, 15) is 0 Å². The van der Waals surface area contributed by atoms with Gasteiger partial charge in [-0.2, -0.15) is 42.5 Å². The van der Waals surface area contributed by atoms with Crippen LogP contribution in [0.3, 0.4) is 0 Å². The summed E-state index contributed by atoms with van der Waals surface area (Å²) in [5.41, 5.74) is 16.2. The van der Waals surface area contributed by atoms with E-state index in [2.05, 4.69) is 132 Å². The first kappa shape index (κ1) is 41.0. The van der Waals surface area contributed by atoms with Gasteiger partial charge in [-0.3, -0.25) is 4.90 Å². The molecule has 1 radical (unpaired) electrons. The van der Waals surface area contributed by atoms with Gasteiger partial charge >= 0.3 is 0 Å². The summed E-state index contributed by atoms with van der Waals surface area (Å²) in [5.74, 6) is 4.41. The van der Waals surface area contributed by atoms with Crippen molar-refractivity contribution in [3.8, 4) is 17.2 Å². The molecule has 0 saturated heterocycles. The zero-order valence-electron chi connectivity index (χ0n) is 36.8. The average molecular weight is 896 g/mol. The molecular weight excluding hydrogens is 840 g/mol. The molecule has 8 heteroatoms. The molecule has 5 aromatic rings. The first-order chi connectivity index (χ1) is 30.3. The Morgan fingerprint density at radius 2 is 1.68 bits per heavy atom. The van der Waals surface area contributed by atoms with E-state index in [4.69, 9.17) is 22.1 Å². The van der Waals surface area contributed by atoms with Crippen LogP contribution in [0.25, 0.3) is 5.57 Å². The number of anilines is 2. The summed E-state index contributed by atoms with van der Waals surface area (Å²) >= 11 is 4.73. The summed E-state index contributed by atoms with van der Waals surface area (Å²) in [4.78, 5) is 8.40. The Morgan fingerprint density at radius 1 is 0.841 bits per heavy atom. The third-order valence-corrected chi connectivity index (χ3v) is 15.4. The van der Waals surface area contributed by atoms with E-state index in [1.54, 1.807) is 0 Å². The van der Waals surface area contributed by atoms with Gasteiger partial charge in [0.1, 0.15) is 36.1 Å². The van der Waals surface area contributed by atoms with E-state index in [-0.39, 0.29) is 34.7 Å². The van der Waals surface area contributed by atoms with Gasteiger partial charge in [-0.1, -0.05) is 42.5 Å². The second-order valence-corrected chi connectivity index (χ2v) is 19.6. The Hall–Kier alpha value is -4.73.